The van der Waals surface area contributed by atoms with E-state index in [2.05, 4.69) is 30.3 Å². The lowest BCUT2D eigenvalue weighted by atomic mass is 10.1. The number of hydrogen-bond donors (Lipinski definition) is 3. The Labute approximate surface area is 132 Å². The minimum atomic E-state index is -2.59. The summed E-state index contributed by atoms with van der Waals surface area (Å²) in [5.41, 5.74) is 0. The highest BCUT2D eigenvalue weighted by atomic mass is 16.5. The predicted octanol–water partition coefficient (Wildman–Crippen LogP) is 2.62. The largest absolute Gasteiger partial charge is 0.477 e. The zero-order chi connectivity index (χ0) is 16.7. The quantitative estimate of drug-likeness (QED) is 0.251. The molecule has 0 aliphatic carbocycles. The van der Waals surface area contributed by atoms with Crippen molar-refractivity contribution in [1.82, 2.24) is 0 Å². The maximum absolute atomic E-state index is 10.5. The number of unbranched alkanes of at least 4 members (excludes halogenated alkanes) is 5. The van der Waals surface area contributed by atoms with Crippen LogP contribution in [0.25, 0.3) is 0 Å². The Bertz CT molecular complexity index is 481. The first-order valence-electron chi connectivity index (χ1n) is 7.43. The molecule has 0 rings (SSSR count). The summed E-state index contributed by atoms with van der Waals surface area (Å²) < 4.78 is 0. The monoisotopic (exact) mass is 304 g/mol. The van der Waals surface area contributed by atoms with Gasteiger partial charge < -0.3 is 15.3 Å². The van der Waals surface area contributed by atoms with Crippen LogP contribution in [0.15, 0.2) is 24.8 Å². The number of aliphatic carboxylic acids is 1. The molecule has 0 saturated heterocycles. The average molecular weight is 304 g/mol. The lowest BCUT2D eigenvalue weighted by Gasteiger charge is -2.15. The summed E-state index contributed by atoms with van der Waals surface area (Å²) in [7, 11) is 0. The van der Waals surface area contributed by atoms with Gasteiger partial charge in [-0.25, -0.2) is 4.79 Å². The van der Waals surface area contributed by atoms with Gasteiger partial charge in [0.25, 0.3) is 5.79 Å². The molecule has 0 amide bonds. The Hall–Kier alpha value is -2.01. The van der Waals surface area contributed by atoms with E-state index in [0.29, 0.717) is 12.8 Å². The fourth-order valence-electron chi connectivity index (χ4n) is 1.66. The molecule has 0 saturated carbocycles. The van der Waals surface area contributed by atoms with Gasteiger partial charge in [0.15, 0.2) is 0 Å². The van der Waals surface area contributed by atoms with Gasteiger partial charge in [0, 0.05) is 12.8 Å². The van der Waals surface area contributed by atoms with Gasteiger partial charge in [0.1, 0.15) is 0 Å². The molecule has 0 aromatic rings. The molecule has 0 fully saturated rings. The number of carbonyl (C=O) groups is 1. The van der Waals surface area contributed by atoms with Crippen molar-refractivity contribution in [3.63, 3.8) is 0 Å². The summed E-state index contributed by atoms with van der Waals surface area (Å²) in [4.78, 5) is 10.5. The Balaban J connectivity index is 3.53. The predicted molar refractivity (Wildman–Crippen MR) is 86.6 cm³/mol. The van der Waals surface area contributed by atoms with Crippen LogP contribution in [-0.2, 0) is 4.79 Å². The Morgan fingerprint density at radius 2 is 1.77 bits per heavy atom. The highest BCUT2D eigenvalue weighted by Crippen LogP contribution is 2.14. The van der Waals surface area contributed by atoms with Crippen molar-refractivity contribution >= 4 is 5.97 Å². The van der Waals surface area contributed by atoms with Gasteiger partial charge in [-0.1, -0.05) is 43.3 Å². The third-order valence-electron chi connectivity index (χ3n) is 2.91. The Morgan fingerprint density at radius 3 is 2.45 bits per heavy atom. The second-order valence-electron chi connectivity index (χ2n) is 4.89. The molecule has 3 N–H and O–H groups in total. The molecule has 0 aromatic carbocycles. The van der Waals surface area contributed by atoms with Crippen molar-refractivity contribution in [3.8, 4) is 23.7 Å². The fraction of sp³-hybridized carbons (Fsp3) is 0.500. The van der Waals surface area contributed by atoms with E-state index in [1.807, 2.05) is 6.08 Å². The van der Waals surface area contributed by atoms with E-state index in [4.69, 9.17) is 15.3 Å². The van der Waals surface area contributed by atoms with Crippen LogP contribution in [0.3, 0.4) is 0 Å². The minimum Gasteiger partial charge on any atom is -0.477 e. The molecule has 4 heteroatoms. The van der Waals surface area contributed by atoms with Crippen LogP contribution in [0, 0.1) is 23.7 Å². The summed E-state index contributed by atoms with van der Waals surface area (Å²) in [6, 6.07) is 0. The molecule has 120 valence electrons. The second kappa shape index (κ2) is 12.7. The van der Waals surface area contributed by atoms with E-state index in [-0.39, 0.29) is 6.42 Å². The van der Waals surface area contributed by atoms with Gasteiger partial charge >= 0.3 is 5.97 Å². The van der Waals surface area contributed by atoms with Crippen LogP contribution in [0.4, 0.5) is 0 Å². The fourth-order valence-corrected chi connectivity index (χ4v) is 1.66. The molecule has 0 radical (unpaired) electrons. The molecule has 0 aliphatic heterocycles. The van der Waals surface area contributed by atoms with Crippen molar-refractivity contribution in [2.24, 2.45) is 0 Å². The molecule has 0 unspecified atom stereocenters. The van der Waals surface area contributed by atoms with E-state index in [1.54, 1.807) is 12.2 Å². The van der Waals surface area contributed by atoms with Gasteiger partial charge in [-0.05, 0) is 37.2 Å². The first kappa shape index (κ1) is 20.0. The van der Waals surface area contributed by atoms with Crippen LogP contribution < -0.4 is 0 Å². The molecular formula is C18H24O4. The summed E-state index contributed by atoms with van der Waals surface area (Å²) >= 11 is 0. The highest BCUT2D eigenvalue weighted by molar-refractivity contribution is 5.74. The lowest BCUT2D eigenvalue weighted by molar-refractivity contribution is -0.205. The molecule has 4 nitrogen and oxygen atoms in total. The Morgan fingerprint density at radius 1 is 1.09 bits per heavy atom. The van der Waals surface area contributed by atoms with Gasteiger partial charge in [-0.2, -0.15) is 0 Å². The van der Waals surface area contributed by atoms with Crippen LogP contribution in [0.5, 0.6) is 0 Å². The molecule has 0 aromatic heterocycles. The highest BCUT2D eigenvalue weighted by Gasteiger charge is 2.31. The van der Waals surface area contributed by atoms with Crippen molar-refractivity contribution in [2.45, 2.75) is 57.2 Å². The van der Waals surface area contributed by atoms with Crippen LogP contribution in [0.1, 0.15) is 51.4 Å². The topological polar surface area (TPSA) is 77.8 Å². The van der Waals surface area contributed by atoms with Gasteiger partial charge in [-0.15, -0.1) is 6.58 Å². The number of allylic oxidation sites excluding steroid dienone is 3. The smallest absolute Gasteiger partial charge is 0.364 e. The summed E-state index contributed by atoms with van der Waals surface area (Å²) in [6.07, 6.45) is 11.3. The molecule has 0 atom stereocenters. The third-order valence-corrected chi connectivity index (χ3v) is 2.91. The SMILES string of the molecule is C=CCC#CC#C/C=C/CCCCCCCC(O)(O)C(=O)O. The van der Waals surface area contributed by atoms with Gasteiger partial charge in [0.05, 0.1) is 0 Å². The number of carboxylic acids is 1. The maximum Gasteiger partial charge on any atom is 0.364 e. The first-order chi connectivity index (χ1) is 10.5. The van der Waals surface area contributed by atoms with Crippen LogP contribution in [-0.4, -0.2) is 27.1 Å². The van der Waals surface area contributed by atoms with Crippen molar-refractivity contribution in [2.75, 3.05) is 0 Å². The van der Waals surface area contributed by atoms with Crippen LogP contribution in [0.2, 0.25) is 0 Å². The first-order valence-corrected chi connectivity index (χ1v) is 7.43. The molecule has 0 heterocycles. The van der Waals surface area contributed by atoms with E-state index in [1.165, 1.54) is 0 Å². The molecular weight excluding hydrogens is 280 g/mol. The summed E-state index contributed by atoms with van der Waals surface area (Å²) in [6.45, 7) is 3.56. The standard InChI is InChI=1S/C18H24O4/c1-2-3-4-5-6-7-8-9-10-11-12-13-14-15-16-18(21,22)17(19)20/h2,8-9,21-22H,1,3,10-16H2,(H,19,20)/b9-8+. The van der Waals surface area contributed by atoms with Crippen molar-refractivity contribution < 1.29 is 20.1 Å². The average Bonchev–Trinajstić information content (AvgIpc) is 2.47. The lowest BCUT2D eigenvalue weighted by Crippen LogP contribution is -2.37. The zero-order valence-electron chi connectivity index (χ0n) is 12.8. The van der Waals surface area contributed by atoms with E-state index in [9.17, 15) is 4.79 Å². The summed E-state index contributed by atoms with van der Waals surface area (Å²) in [5.74, 6) is 6.93. The second-order valence-corrected chi connectivity index (χ2v) is 4.89. The minimum absolute atomic E-state index is 0.134. The van der Waals surface area contributed by atoms with E-state index >= 15 is 0 Å². The van der Waals surface area contributed by atoms with E-state index in [0.717, 1.165) is 32.1 Å². The summed E-state index contributed by atoms with van der Waals surface area (Å²) in [5, 5.41) is 26.7. The molecule has 0 spiro atoms. The third kappa shape index (κ3) is 11.8. The van der Waals surface area contributed by atoms with Crippen molar-refractivity contribution in [1.29, 1.82) is 0 Å². The van der Waals surface area contributed by atoms with Gasteiger partial charge in [-0.3, -0.25) is 0 Å². The Kier molecular flexibility index (Phi) is 11.5. The van der Waals surface area contributed by atoms with Crippen LogP contribution >= 0.6 is 0 Å². The number of hydrogen-bond acceptors (Lipinski definition) is 3. The zero-order valence-corrected chi connectivity index (χ0v) is 12.8. The molecule has 0 aliphatic rings. The normalized spacial score (nSPS) is 10.5. The van der Waals surface area contributed by atoms with E-state index < -0.39 is 11.8 Å². The number of carboxylic acid groups (broad SMARTS) is 1. The molecule has 0 bridgehead atoms. The molecule has 22 heavy (non-hydrogen) atoms. The number of aliphatic hydroxyl groups is 2. The van der Waals surface area contributed by atoms with Crippen molar-refractivity contribution in [3.05, 3.63) is 24.8 Å². The number of rotatable bonds is 10. The van der Waals surface area contributed by atoms with Gasteiger partial charge in [0.2, 0.25) is 0 Å². The maximum atomic E-state index is 10.5.